The van der Waals surface area contributed by atoms with Crippen molar-refractivity contribution in [1.82, 2.24) is 9.79 Å². The fraction of sp³-hybridized carbons (Fsp3) is 0.650. The first-order chi connectivity index (χ1) is 14.5. The number of carbonyl (C=O) groups excluding carboxylic acids is 1. The van der Waals surface area contributed by atoms with Crippen LogP contribution in [0.3, 0.4) is 0 Å². The lowest BCUT2D eigenvalue weighted by molar-refractivity contribution is -0.202. The number of piperidine rings is 1. The van der Waals surface area contributed by atoms with Crippen molar-refractivity contribution in [2.75, 3.05) is 32.9 Å². The fourth-order valence-electron chi connectivity index (χ4n) is 3.82. The highest BCUT2D eigenvalue weighted by atomic mass is 32.2. The van der Waals surface area contributed by atoms with Gasteiger partial charge in [-0.05, 0) is 37.8 Å². The number of amides is 1. The summed E-state index contributed by atoms with van der Waals surface area (Å²) in [4.78, 5) is 17.9. The molecule has 1 atom stereocenters. The molecule has 1 unspecified atom stereocenters. The smallest absolute Gasteiger partial charge is 0.246 e. The SMILES string of the molecule is O=C(NOC1CCCCO1)C1CCN(S(=O)(=O)c2ccc3c(c2)OCCCO3)CC1. The average molecular weight is 441 g/mol. The van der Waals surface area contributed by atoms with E-state index in [2.05, 4.69) is 5.48 Å². The van der Waals surface area contributed by atoms with Gasteiger partial charge in [0.1, 0.15) is 0 Å². The Morgan fingerprint density at radius 1 is 1.00 bits per heavy atom. The Morgan fingerprint density at radius 2 is 1.77 bits per heavy atom. The Labute approximate surface area is 176 Å². The molecule has 0 spiro atoms. The minimum absolute atomic E-state index is 0.174. The summed E-state index contributed by atoms with van der Waals surface area (Å²) < 4.78 is 44.1. The van der Waals surface area contributed by atoms with Gasteiger partial charge in [0, 0.05) is 44.5 Å². The zero-order valence-electron chi connectivity index (χ0n) is 16.9. The maximum absolute atomic E-state index is 13.1. The van der Waals surface area contributed by atoms with Crippen molar-refractivity contribution >= 4 is 15.9 Å². The Kier molecular flexibility index (Phi) is 6.77. The molecule has 0 bridgehead atoms. The maximum Gasteiger partial charge on any atom is 0.246 e. The zero-order valence-corrected chi connectivity index (χ0v) is 17.7. The molecule has 0 saturated carbocycles. The van der Waals surface area contributed by atoms with Crippen LogP contribution in [0.1, 0.15) is 38.5 Å². The van der Waals surface area contributed by atoms with Crippen LogP contribution in [0.4, 0.5) is 0 Å². The first-order valence-corrected chi connectivity index (χ1v) is 11.9. The summed E-state index contributed by atoms with van der Waals surface area (Å²) in [7, 11) is -3.67. The number of sulfonamides is 1. The van der Waals surface area contributed by atoms with Crippen molar-refractivity contribution in [3.8, 4) is 11.5 Å². The van der Waals surface area contributed by atoms with Gasteiger partial charge >= 0.3 is 0 Å². The lowest BCUT2D eigenvalue weighted by Gasteiger charge is -2.31. The van der Waals surface area contributed by atoms with Crippen LogP contribution in [-0.4, -0.2) is 57.8 Å². The molecule has 30 heavy (non-hydrogen) atoms. The summed E-state index contributed by atoms with van der Waals surface area (Å²) in [5.41, 5.74) is 2.49. The van der Waals surface area contributed by atoms with Crippen molar-refractivity contribution < 1.29 is 32.3 Å². The summed E-state index contributed by atoms with van der Waals surface area (Å²) in [5, 5.41) is 0. The highest BCUT2D eigenvalue weighted by Gasteiger charge is 2.33. The molecule has 0 aromatic heterocycles. The fourth-order valence-corrected chi connectivity index (χ4v) is 5.31. The van der Waals surface area contributed by atoms with Gasteiger partial charge in [-0.2, -0.15) is 4.31 Å². The molecule has 2 saturated heterocycles. The lowest BCUT2D eigenvalue weighted by Crippen LogP contribution is -2.44. The topological polar surface area (TPSA) is 103 Å². The van der Waals surface area contributed by atoms with E-state index in [0.29, 0.717) is 44.2 Å². The molecule has 1 amide bonds. The largest absolute Gasteiger partial charge is 0.490 e. The van der Waals surface area contributed by atoms with Gasteiger partial charge in [0.15, 0.2) is 17.8 Å². The van der Waals surface area contributed by atoms with E-state index in [4.69, 9.17) is 19.0 Å². The van der Waals surface area contributed by atoms with Gasteiger partial charge in [-0.3, -0.25) is 4.79 Å². The molecular weight excluding hydrogens is 412 g/mol. The van der Waals surface area contributed by atoms with E-state index in [1.165, 1.54) is 10.4 Å². The van der Waals surface area contributed by atoms with E-state index in [0.717, 1.165) is 25.7 Å². The van der Waals surface area contributed by atoms with Gasteiger partial charge in [0.25, 0.3) is 0 Å². The number of nitrogens with zero attached hydrogens (tertiary/aromatic N) is 1. The van der Waals surface area contributed by atoms with Gasteiger partial charge in [-0.25, -0.2) is 18.7 Å². The predicted molar refractivity (Wildman–Crippen MR) is 106 cm³/mol. The maximum atomic E-state index is 13.1. The summed E-state index contributed by atoms with van der Waals surface area (Å²) >= 11 is 0. The van der Waals surface area contributed by atoms with Gasteiger partial charge in [-0.1, -0.05) is 0 Å². The first-order valence-electron chi connectivity index (χ1n) is 10.5. The van der Waals surface area contributed by atoms with Gasteiger partial charge in [0.2, 0.25) is 15.9 Å². The molecule has 10 heteroatoms. The van der Waals surface area contributed by atoms with Crippen LogP contribution in [0, 0.1) is 5.92 Å². The van der Waals surface area contributed by atoms with Gasteiger partial charge < -0.3 is 14.2 Å². The molecular formula is C20H28N2O7S. The molecule has 1 aromatic carbocycles. The summed E-state index contributed by atoms with van der Waals surface area (Å²) in [6, 6.07) is 4.70. The molecule has 166 valence electrons. The third-order valence-corrected chi connectivity index (χ3v) is 7.50. The van der Waals surface area contributed by atoms with E-state index in [1.807, 2.05) is 0 Å². The van der Waals surface area contributed by atoms with Crippen molar-refractivity contribution in [3.63, 3.8) is 0 Å². The number of fused-ring (bicyclic) bond motifs is 1. The molecule has 4 rings (SSSR count). The molecule has 3 aliphatic rings. The number of nitrogens with one attached hydrogen (secondary N) is 1. The summed E-state index contributed by atoms with van der Waals surface area (Å²) in [5.74, 6) is 0.495. The number of hydroxylamine groups is 1. The number of rotatable bonds is 5. The highest BCUT2D eigenvalue weighted by Crippen LogP contribution is 2.33. The van der Waals surface area contributed by atoms with Gasteiger partial charge in [-0.15, -0.1) is 0 Å². The van der Waals surface area contributed by atoms with Crippen LogP contribution in [0.2, 0.25) is 0 Å². The monoisotopic (exact) mass is 440 g/mol. The number of carbonyl (C=O) groups is 1. The molecule has 3 heterocycles. The van der Waals surface area contributed by atoms with E-state index >= 15 is 0 Å². The third kappa shape index (κ3) is 4.88. The lowest BCUT2D eigenvalue weighted by atomic mass is 9.98. The van der Waals surface area contributed by atoms with Gasteiger partial charge in [0.05, 0.1) is 18.1 Å². The zero-order chi connectivity index (χ0) is 21.0. The van der Waals surface area contributed by atoms with E-state index in [-0.39, 0.29) is 29.8 Å². The van der Waals surface area contributed by atoms with Crippen molar-refractivity contribution in [1.29, 1.82) is 0 Å². The molecule has 0 radical (unpaired) electrons. The average Bonchev–Trinajstić information content (AvgIpc) is 3.03. The van der Waals surface area contributed by atoms with E-state index < -0.39 is 16.3 Å². The van der Waals surface area contributed by atoms with Crippen LogP contribution in [0.25, 0.3) is 0 Å². The number of hydrogen-bond acceptors (Lipinski definition) is 7. The second-order valence-corrected chi connectivity index (χ2v) is 9.66. The molecule has 3 aliphatic heterocycles. The predicted octanol–water partition coefficient (Wildman–Crippen LogP) is 1.82. The van der Waals surface area contributed by atoms with E-state index in [1.54, 1.807) is 12.1 Å². The van der Waals surface area contributed by atoms with Crippen molar-refractivity contribution in [2.45, 2.75) is 49.7 Å². The van der Waals surface area contributed by atoms with Crippen molar-refractivity contribution in [2.24, 2.45) is 5.92 Å². The van der Waals surface area contributed by atoms with Crippen LogP contribution < -0.4 is 15.0 Å². The standard InChI is InChI=1S/C20H28N2O7S/c23-20(21-29-19-4-1-2-11-28-19)15-7-9-22(10-8-15)30(24,25)16-5-6-17-18(14-16)27-13-3-12-26-17/h5-6,14-15,19H,1-4,7-13H2,(H,21,23). The van der Waals surface area contributed by atoms with E-state index in [9.17, 15) is 13.2 Å². The molecule has 9 nitrogen and oxygen atoms in total. The number of benzene rings is 1. The quantitative estimate of drug-likeness (QED) is 0.697. The second-order valence-electron chi connectivity index (χ2n) is 7.72. The minimum Gasteiger partial charge on any atom is -0.490 e. The normalized spacial score (nSPS) is 23.5. The molecule has 0 aliphatic carbocycles. The summed E-state index contributed by atoms with van der Waals surface area (Å²) in [6.45, 7) is 2.22. The summed E-state index contributed by atoms with van der Waals surface area (Å²) in [6.07, 6.45) is 3.99. The molecule has 2 fully saturated rings. The first kappa shape index (κ1) is 21.4. The minimum atomic E-state index is -3.67. The Balaban J connectivity index is 1.32. The van der Waals surface area contributed by atoms with Crippen LogP contribution in [-0.2, 0) is 24.4 Å². The Bertz CT molecular complexity index is 847. The third-order valence-electron chi connectivity index (χ3n) is 5.61. The second kappa shape index (κ2) is 9.51. The number of ether oxygens (including phenoxy) is 3. The van der Waals surface area contributed by atoms with Crippen molar-refractivity contribution in [3.05, 3.63) is 18.2 Å². The molecule has 1 N–H and O–H groups in total. The number of hydrogen-bond donors (Lipinski definition) is 1. The Hall–Kier alpha value is -1.88. The van der Waals surface area contributed by atoms with Crippen LogP contribution >= 0.6 is 0 Å². The van der Waals surface area contributed by atoms with Crippen LogP contribution in [0.15, 0.2) is 23.1 Å². The Morgan fingerprint density at radius 3 is 2.50 bits per heavy atom. The highest BCUT2D eigenvalue weighted by molar-refractivity contribution is 7.89. The van der Waals surface area contributed by atoms with Crippen LogP contribution in [0.5, 0.6) is 11.5 Å². The molecule has 1 aromatic rings.